The van der Waals surface area contributed by atoms with Crippen molar-refractivity contribution < 1.29 is 0 Å². The third-order valence-corrected chi connectivity index (χ3v) is 2.71. The highest BCUT2D eigenvalue weighted by Gasteiger charge is 1.94. The summed E-state index contributed by atoms with van der Waals surface area (Å²) in [5.74, 6) is 1.84. The van der Waals surface area contributed by atoms with Gasteiger partial charge in [-0.05, 0) is 12.3 Å². The average Bonchev–Trinajstić information content (AvgIpc) is 2.09. The summed E-state index contributed by atoms with van der Waals surface area (Å²) in [5.41, 5.74) is 0. The average molecular weight is 201 g/mol. The number of rotatable bonds is 9. The van der Waals surface area contributed by atoms with Crippen molar-refractivity contribution in [2.75, 3.05) is 5.75 Å². The molecule has 0 spiro atoms. The van der Waals surface area contributed by atoms with E-state index in [-0.39, 0.29) is 0 Å². The number of hydrogen-bond acceptors (Lipinski definition) is 0. The zero-order valence-corrected chi connectivity index (χ0v) is 10.2. The van der Waals surface area contributed by atoms with Gasteiger partial charge >= 0.3 is 0 Å². The van der Waals surface area contributed by atoms with Crippen molar-refractivity contribution in [1.29, 1.82) is 0 Å². The molecular formula is C12H25S. The van der Waals surface area contributed by atoms with Crippen LogP contribution in [0.15, 0.2) is 0 Å². The van der Waals surface area contributed by atoms with E-state index in [1.807, 2.05) is 0 Å². The normalized spacial score (nSPS) is 11.1. The van der Waals surface area contributed by atoms with E-state index >= 15 is 0 Å². The van der Waals surface area contributed by atoms with E-state index in [0.29, 0.717) is 0 Å². The lowest BCUT2D eigenvalue weighted by Crippen LogP contribution is -1.87. The summed E-state index contributed by atoms with van der Waals surface area (Å²) in [4.78, 5) is 0. The lowest BCUT2D eigenvalue weighted by Gasteiger charge is -2.03. The Morgan fingerprint density at radius 2 is 1.23 bits per heavy atom. The maximum Gasteiger partial charge on any atom is 0.00369 e. The van der Waals surface area contributed by atoms with Crippen molar-refractivity contribution in [3.8, 4) is 0 Å². The van der Waals surface area contributed by atoms with Crippen LogP contribution in [0, 0.1) is 5.92 Å². The van der Waals surface area contributed by atoms with Crippen molar-refractivity contribution in [1.82, 2.24) is 0 Å². The summed E-state index contributed by atoms with van der Waals surface area (Å²) < 4.78 is 0. The third-order valence-electron chi connectivity index (χ3n) is 2.43. The van der Waals surface area contributed by atoms with E-state index in [4.69, 9.17) is 12.6 Å². The third kappa shape index (κ3) is 12.4. The Labute approximate surface area is 89.9 Å². The second-order valence-electron chi connectivity index (χ2n) is 4.36. The van der Waals surface area contributed by atoms with Gasteiger partial charge in [0.1, 0.15) is 0 Å². The minimum atomic E-state index is 0.889. The molecule has 0 heterocycles. The summed E-state index contributed by atoms with van der Waals surface area (Å²) in [7, 11) is 0. The van der Waals surface area contributed by atoms with Crippen LogP contribution in [0.2, 0.25) is 0 Å². The van der Waals surface area contributed by atoms with E-state index in [9.17, 15) is 0 Å². The summed E-state index contributed by atoms with van der Waals surface area (Å²) >= 11 is 4.90. The number of unbranched alkanes of at least 4 members (excludes halogenated alkanes) is 6. The van der Waals surface area contributed by atoms with Gasteiger partial charge in [-0.25, -0.2) is 0 Å². The van der Waals surface area contributed by atoms with Crippen LogP contribution < -0.4 is 0 Å². The molecule has 0 aliphatic heterocycles. The van der Waals surface area contributed by atoms with E-state index in [2.05, 4.69) is 13.8 Å². The van der Waals surface area contributed by atoms with Gasteiger partial charge in [0.15, 0.2) is 0 Å². The Balaban J connectivity index is 2.84. The fourth-order valence-corrected chi connectivity index (χ4v) is 1.74. The molecule has 13 heavy (non-hydrogen) atoms. The standard InChI is InChI=1S/C12H25S/c1-12(2)10-8-6-4-3-5-7-9-11-13/h12H,3-11H2,1-2H3. The van der Waals surface area contributed by atoms with Gasteiger partial charge in [0, 0.05) is 5.75 Å². The molecule has 0 atom stereocenters. The van der Waals surface area contributed by atoms with Crippen LogP contribution in [0.1, 0.15) is 65.2 Å². The van der Waals surface area contributed by atoms with Gasteiger partial charge < -0.3 is 0 Å². The summed E-state index contributed by atoms with van der Waals surface area (Å²) in [5, 5.41) is 0. The molecule has 0 aromatic heterocycles. The van der Waals surface area contributed by atoms with E-state index in [1.165, 1.54) is 51.4 Å². The van der Waals surface area contributed by atoms with E-state index in [1.54, 1.807) is 0 Å². The van der Waals surface area contributed by atoms with Crippen LogP contribution in [0.4, 0.5) is 0 Å². The van der Waals surface area contributed by atoms with Gasteiger partial charge in [0.25, 0.3) is 0 Å². The minimum Gasteiger partial charge on any atom is -0.0942 e. The molecule has 0 rings (SSSR count). The molecule has 0 aliphatic rings. The fourth-order valence-electron chi connectivity index (χ4n) is 1.54. The molecule has 0 nitrogen and oxygen atoms in total. The van der Waals surface area contributed by atoms with E-state index in [0.717, 1.165) is 11.7 Å². The zero-order valence-electron chi connectivity index (χ0n) is 9.35. The molecule has 1 heteroatoms. The lowest BCUT2D eigenvalue weighted by atomic mass is 10.0. The molecule has 0 fully saturated rings. The van der Waals surface area contributed by atoms with Crippen LogP contribution in [-0.4, -0.2) is 5.75 Å². The fraction of sp³-hybridized carbons (Fsp3) is 1.00. The molecule has 0 aromatic carbocycles. The SMILES string of the molecule is CC(C)CCCCCCCCC[S]. The highest BCUT2D eigenvalue weighted by Crippen LogP contribution is 2.11. The first-order valence-electron chi connectivity index (χ1n) is 5.85. The van der Waals surface area contributed by atoms with Crippen LogP contribution in [0.25, 0.3) is 0 Å². The molecular weight excluding hydrogens is 176 g/mol. The zero-order chi connectivity index (χ0) is 9.94. The monoisotopic (exact) mass is 201 g/mol. The first-order valence-corrected chi connectivity index (χ1v) is 6.43. The Hall–Kier alpha value is 0.350. The number of hydrogen-bond donors (Lipinski definition) is 0. The maximum atomic E-state index is 4.90. The quantitative estimate of drug-likeness (QED) is 0.462. The highest BCUT2D eigenvalue weighted by atomic mass is 32.1. The van der Waals surface area contributed by atoms with Crippen molar-refractivity contribution >= 4 is 12.6 Å². The second-order valence-corrected chi connectivity index (χ2v) is 4.77. The molecule has 0 saturated carbocycles. The molecule has 0 amide bonds. The highest BCUT2D eigenvalue weighted by molar-refractivity contribution is 7.80. The van der Waals surface area contributed by atoms with Gasteiger partial charge in [-0.3, -0.25) is 0 Å². The Kier molecular flexibility index (Phi) is 10.7. The maximum absolute atomic E-state index is 4.90. The van der Waals surface area contributed by atoms with Crippen LogP contribution in [-0.2, 0) is 0 Å². The Bertz CT molecular complexity index is 89.1. The topological polar surface area (TPSA) is 0 Å². The summed E-state index contributed by atoms with van der Waals surface area (Å²) in [6, 6.07) is 0. The molecule has 0 N–H and O–H groups in total. The smallest absolute Gasteiger partial charge is 0.00369 e. The van der Waals surface area contributed by atoms with Crippen molar-refractivity contribution in [2.24, 2.45) is 5.92 Å². The van der Waals surface area contributed by atoms with Crippen molar-refractivity contribution in [3.05, 3.63) is 0 Å². The minimum absolute atomic E-state index is 0.889. The molecule has 1 radical (unpaired) electrons. The molecule has 0 aliphatic carbocycles. The predicted molar refractivity (Wildman–Crippen MR) is 64.2 cm³/mol. The van der Waals surface area contributed by atoms with Crippen LogP contribution in [0.5, 0.6) is 0 Å². The van der Waals surface area contributed by atoms with Crippen molar-refractivity contribution in [3.63, 3.8) is 0 Å². The largest absolute Gasteiger partial charge is 0.0942 e. The molecule has 0 unspecified atom stereocenters. The second kappa shape index (κ2) is 10.4. The van der Waals surface area contributed by atoms with Gasteiger partial charge in [-0.15, -0.1) is 0 Å². The van der Waals surface area contributed by atoms with Crippen molar-refractivity contribution in [2.45, 2.75) is 65.2 Å². The van der Waals surface area contributed by atoms with Gasteiger partial charge in [0.2, 0.25) is 0 Å². The Morgan fingerprint density at radius 1 is 0.769 bits per heavy atom. The Morgan fingerprint density at radius 3 is 1.69 bits per heavy atom. The molecule has 0 aromatic rings. The molecule has 79 valence electrons. The van der Waals surface area contributed by atoms with E-state index < -0.39 is 0 Å². The van der Waals surface area contributed by atoms with Gasteiger partial charge in [0.05, 0.1) is 0 Å². The molecule has 0 bridgehead atoms. The first kappa shape index (κ1) is 13.4. The summed E-state index contributed by atoms with van der Waals surface area (Å²) in [6.07, 6.45) is 11.1. The first-order chi connectivity index (χ1) is 6.27. The van der Waals surface area contributed by atoms with Crippen LogP contribution in [0.3, 0.4) is 0 Å². The van der Waals surface area contributed by atoms with Gasteiger partial charge in [-0.1, -0.05) is 71.4 Å². The summed E-state index contributed by atoms with van der Waals surface area (Å²) in [6.45, 7) is 4.62. The predicted octanol–water partition coefficient (Wildman–Crippen LogP) is 4.96. The lowest BCUT2D eigenvalue weighted by molar-refractivity contribution is 0.511. The van der Waals surface area contributed by atoms with Crippen LogP contribution >= 0.6 is 12.6 Å². The van der Waals surface area contributed by atoms with Gasteiger partial charge in [-0.2, -0.15) is 0 Å². The molecule has 0 saturated heterocycles.